The molecule has 0 atom stereocenters. The van der Waals surface area contributed by atoms with Gasteiger partial charge < -0.3 is 18.9 Å². The molecule has 0 aliphatic carbocycles. The van der Waals surface area contributed by atoms with E-state index in [-0.39, 0.29) is 24.2 Å². The third-order valence-corrected chi connectivity index (χ3v) is 4.45. The Kier molecular flexibility index (Phi) is 8.02. The number of rotatable bonds is 9. The Morgan fingerprint density at radius 3 is 2.23 bits per heavy atom. The third-order valence-electron chi connectivity index (χ3n) is 4.45. The summed E-state index contributed by atoms with van der Waals surface area (Å²) in [6.07, 6.45) is 0. The van der Waals surface area contributed by atoms with Crippen LogP contribution in [0.4, 0.5) is 0 Å². The van der Waals surface area contributed by atoms with E-state index in [1.54, 1.807) is 39.4 Å². The second-order valence-corrected chi connectivity index (χ2v) is 6.50. The molecule has 0 unspecified atom stereocenters. The first-order valence-corrected chi connectivity index (χ1v) is 8.80. The zero-order valence-corrected chi connectivity index (χ0v) is 16.8. The zero-order valence-electron chi connectivity index (χ0n) is 16.8. The highest BCUT2D eigenvalue weighted by Gasteiger charge is 2.28. The van der Waals surface area contributed by atoms with Gasteiger partial charge in [0.2, 0.25) is 5.91 Å². The van der Waals surface area contributed by atoms with Crippen LogP contribution in [0.5, 0.6) is 0 Å². The molecule has 0 saturated carbocycles. The molecular formula is C19H30N2O5. The van der Waals surface area contributed by atoms with Crippen LogP contribution in [0.3, 0.4) is 0 Å². The van der Waals surface area contributed by atoms with Gasteiger partial charge in [0, 0.05) is 37.4 Å². The fourth-order valence-electron chi connectivity index (χ4n) is 3.15. The summed E-state index contributed by atoms with van der Waals surface area (Å²) in [6.45, 7) is 10.2. The van der Waals surface area contributed by atoms with Crippen molar-refractivity contribution in [3.05, 3.63) is 22.5 Å². The number of hydrogen-bond donors (Lipinski definition) is 0. The second kappa shape index (κ2) is 9.52. The number of carbonyl (C=O) groups is 3. The number of amides is 1. The average Bonchev–Trinajstić information content (AvgIpc) is 2.86. The summed E-state index contributed by atoms with van der Waals surface area (Å²) in [4.78, 5) is 39.0. The van der Waals surface area contributed by atoms with Gasteiger partial charge >= 0.3 is 5.97 Å². The zero-order chi connectivity index (χ0) is 20.0. The van der Waals surface area contributed by atoms with Gasteiger partial charge in [-0.2, -0.15) is 0 Å². The molecule has 0 aromatic carbocycles. The molecule has 0 fully saturated rings. The molecule has 0 N–H and O–H groups in total. The Balaban J connectivity index is 3.24. The lowest BCUT2D eigenvalue weighted by atomic mass is 10.0. The molecule has 1 heterocycles. The molecular weight excluding hydrogens is 336 g/mol. The van der Waals surface area contributed by atoms with Gasteiger partial charge in [-0.1, -0.05) is 13.8 Å². The van der Waals surface area contributed by atoms with E-state index in [1.165, 1.54) is 12.0 Å². The van der Waals surface area contributed by atoms with Crippen LogP contribution in [0, 0.1) is 19.8 Å². The largest absolute Gasteiger partial charge is 0.464 e. The molecule has 0 saturated heterocycles. The van der Waals surface area contributed by atoms with Crippen LogP contribution in [0.2, 0.25) is 0 Å². The number of aromatic nitrogens is 1. The Hall–Kier alpha value is -2.15. The number of ether oxygens (including phenoxy) is 2. The number of ketones is 1. The minimum Gasteiger partial charge on any atom is -0.464 e. The molecule has 1 rings (SSSR count). The van der Waals surface area contributed by atoms with Gasteiger partial charge in [0.1, 0.15) is 5.69 Å². The lowest BCUT2D eigenvalue weighted by molar-refractivity contribution is -0.134. The van der Waals surface area contributed by atoms with Gasteiger partial charge in [0.15, 0.2) is 5.78 Å². The Labute approximate surface area is 155 Å². The molecule has 0 bridgehead atoms. The van der Waals surface area contributed by atoms with Crippen molar-refractivity contribution in [1.82, 2.24) is 9.47 Å². The minimum absolute atomic E-state index is 0.0452. The van der Waals surface area contributed by atoms with Gasteiger partial charge in [-0.15, -0.1) is 0 Å². The normalized spacial score (nSPS) is 10.9. The van der Waals surface area contributed by atoms with Crippen molar-refractivity contribution < 1.29 is 23.9 Å². The van der Waals surface area contributed by atoms with Gasteiger partial charge in [0.25, 0.3) is 0 Å². The van der Waals surface area contributed by atoms with Gasteiger partial charge in [-0.05, 0) is 26.3 Å². The highest BCUT2D eigenvalue weighted by molar-refractivity contribution is 6.04. The molecule has 26 heavy (non-hydrogen) atoms. The monoisotopic (exact) mass is 366 g/mol. The first kappa shape index (κ1) is 21.9. The predicted octanol–water partition coefficient (Wildman–Crippen LogP) is 2.23. The molecule has 146 valence electrons. The van der Waals surface area contributed by atoms with Crippen LogP contribution < -0.4 is 0 Å². The van der Waals surface area contributed by atoms with E-state index in [9.17, 15) is 14.4 Å². The van der Waals surface area contributed by atoms with Crippen molar-refractivity contribution in [2.75, 3.05) is 33.9 Å². The maximum atomic E-state index is 13.0. The van der Waals surface area contributed by atoms with Crippen molar-refractivity contribution in [3.63, 3.8) is 0 Å². The molecule has 0 aliphatic rings. The first-order chi connectivity index (χ1) is 12.2. The fraction of sp³-hybridized carbons (Fsp3) is 0.632. The summed E-state index contributed by atoms with van der Waals surface area (Å²) in [5.74, 6) is -0.981. The van der Waals surface area contributed by atoms with E-state index in [2.05, 4.69) is 0 Å². The van der Waals surface area contributed by atoms with Crippen molar-refractivity contribution in [3.8, 4) is 0 Å². The molecule has 1 aromatic rings. The molecule has 0 radical (unpaired) electrons. The molecule has 0 spiro atoms. The highest BCUT2D eigenvalue weighted by atomic mass is 16.5. The Morgan fingerprint density at radius 1 is 1.15 bits per heavy atom. The van der Waals surface area contributed by atoms with E-state index in [4.69, 9.17) is 9.47 Å². The number of Topliss-reactive ketones (excluding diaryl/α,β-unsaturated/α-hetero) is 1. The van der Waals surface area contributed by atoms with E-state index >= 15 is 0 Å². The number of hydrogen-bond acceptors (Lipinski definition) is 5. The predicted molar refractivity (Wildman–Crippen MR) is 98.5 cm³/mol. The third kappa shape index (κ3) is 4.52. The maximum absolute atomic E-state index is 13.0. The van der Waals surface area contributed by atoms with Crippen molar-refractivity contribution in [2.45, 2.75) is 41.2 Å². The molecule has 0 aliphatic heterocycles. The number of carbonyl (C=O) groups excluding carboxylic acids is 3. The fourth-order valence-corrected chi connectivity index (χ4v) is 3.15. The molecule has 1 amide bonds. The van der Waals surface area contributed by atoms with Crippen LogP contribution >= 0.6 is 0 Å². The van der Waals surface area contributed by atoms with Crippen LogP contribution in [0.15, 0.2) is 0 Å². The SMILES string of the molecule is CCn1c(C)c(C(=O)CN(CCOC)C(=O)C(C)C)c(C)c1C(=O)OC. The standard InChI is InChI=1S/C19H30N2O5/c1-8-21-14(5)16(13(4)17(21)19(24)26-7)15(22)11-20(9-10-25-6)18(23)12(2)3/h12H,8-11H2,1-7H3. The summed E-state index contributed by atoms with van der Waals surface area (Å²) in [5.41, 5.74) is 2.16. The van der Waals surface area contributed by atoms with E-state index in [1.807, 2.05) is 6.92 Å². The van der Waals surface area contributed by atoms with Crippen molar-refractivity contribution in [2.24, 2.45) is 5.92 Å². The lowest BCUT2D eigenvalue weighted by Crippen LogP contribution is -2.40. The second-order valence-electron chi connectivity index (χ2n) is 6.50. The van der Waals surface area contributed by atoms with E-state index < -0.39 is 5.97 Å². The van der Waals surface area contributed by atoms with E-state index in [0.717, 1.165) is 0 Å². The average molecular weight is 366 g/mol. The summed E-state index contributed by atoms with van der Waals surface area (Å²) in [7, 11) is 2.87. The van der Waals surface area contributed by atoms with Gasteiger partial charge in [-0.25, -0.2) is 4.79 Å². The summed E-state index contributed by atoms with van der Waals surface area (Å²) < 4.78 is 11.7. The molecule has 1 aromatic heterocycles. The summed E-state index contributed by atoms with van der Waals surface area (Å²) in [6, 6.07) is 0. The number of methoxy groups -OCH3 is 2. The van der Waals surface area contributed by atoms with Crippen LogP contribution in [0.25, 0.3) is 0 Å². The number of esters is 1. The van der Waals surface area contributed by atoms with Crippen molar-refractivity contribution in [1.29, 1.82) is 0 Å². The lowest BCUT2D eigenvalue weighted by Gasteiger charge is -2.23. The summed E-state index contributed by atoms with van der Waals surface area (Å²) in [5, 5.41) is 0. The smallest absolute Gasteiger partial charge is 0.354 e. The highest BCUT2D eigenvalue weighted by Crippen LogP contribution is 2.24. The van der Waals surface area contributed by atoms with Crippen LogP contribution in [-0.2, 0) is 20.8 Å². The van der Waals surface area contributed by atoms with Gasteiger partial charge in [0.05, 0.1) is 20.3 Å². The van der Waals surface area contributed by atoms with Crippen LogP contribution in [0.1, 0.15) is 52.9 Å². The Morgan fingerprint density at radius 2 is 1.77 bits per heavy atom. The van der Waals surface area contributed by atoms with Crippen molar-refractivity contribution >= 4 is 17.7 Å². The van der Waals surface area contributed by atoms with Crippen LogP contribution in [-0.4, -0.2) is 61.0 Å². The first-order valence-electron chi connectivity index (χ1n) is 8.80. The topological polar surface area (TPSA) is 77.8 Å². The van der Waals surface area contributed by atoms with E-state index in [0.29, 0.717) is 42.2 Å². The van der Waals surface area contributed by atoms with Gasteiger partial charge in [-0.3, -0.25) is 9.59 Å². The maximum Gasteiger partial charge on any atom is 0.354 e. The molecule has 7 heteroatoms. The quantitative estimate of drug-likeness (QED) is 0.495. The Bertz CT molecular complexity index is 676. The summed E-state index contributed by atoms with van der Waals surface area (Å²) >= 11 is 0. The number of nitrogens with zero attached hydrogens (tertiary/aromatic N) is 2. The minimum atomic E-state index is -0.471. The molecule has 7 nitrogen and oxygen atoms in total.